The predicted molar refractivity (Wildman–Crippen MR) is 54.2 cm³/mol. The van der Waals surface area contributed by atoms with Gasteiger partial charge in [-0.2, -0.15) is 0 Å². The number of nitrogens with one attached hydrogen (secondary N) is 2. The minimum absolute atomic E-state index is 0.0483. The number of hydrogen-bond acceptors (Lipinski definition) is 2. The molecule has 0 aromatic rings. The van der Waals surface area contributed by atoms with Crippen LogP contribution in [0.15, 0.2) is 0 Å². The maximum absolute atomic E-state index is 11.4. The first-order valence-electron chi connectivity index (χ1n) is 4.89. The molecular weight excluding hydrogens is 184 g/mol. The van der Waals surface area contributed by atoms with Gasteiger partial charge in [0.05, 0.1) is 0 Å². The van der Waals surface area contributed by atoms with E-state index in [9.17, 15) is 4.79 Å². The van der Waals surface area contributed by atoms with Crippen LogP contribution in [-0.2, 0) is 4.79 Å². The molecule has 4 heteroatoms. The van der Waals surface area contributed by atoms with Crippen LogP contribution in [0.2, 0.25) is 0 Å². The SMILES string of the molecule is O=C1NC(=S)NC1C1CCCCC1. The monoisotopic (exact) mass is 198 g/mol. The third-order valence-electron chi connectivity index (χ3n) is 2.93. The Kier molecular flexibility index (Phi) is 2.49. The smallest absolute Gasteiger partial charge is 0.248 e. The number of carbonyl (C=O) groups is 1. The third kappa shape index (κ3) is 1.82. The first-order valence-corrected chi connectivity index (χ1v) is 5.29. The van der Waals surface area contributed by atoms with Crippen LogP contribution in [-0.4, -0.2) is 17.1 Å². The number of rotatable bonds is 1. The van der Waals surface area contributed by atoms with Gasteiger partial charge in [0.2, 0.25) is 5.91 Å². The average molecular weight is 198 g/mol. The first kappa shape index (κ1) is 8.94. The van der Waals surface area contributed by atoms with Gasteiger partial charge in [-0.3, -0.25) is 4.79 Å². The fourth-order valence-electron chi connectivity index (χ4n) is 2.23. The molecule has 2 rings (SSSR count). The highest BCUT2D eigenvalue weighted by atomic mass is 32.1. The number of amides is 1. The molecule has 2 aliphatic rings. The van der Waals surface area contributed by atoms with Crippen LogP contribution in [0.25, 0.3) is 0 Å². The normalized spacial score (nSPS) is 30.0. The summed E-state index contributed by atoms with van der Waals surface area (Å²) in [4.78, 5) is 11.4. The molecule has 2 N–H and O–H groups in total. The van der Waals surface area contributed by atoms with E-state index in [2.05, 4.69) is 10.6 Å². The standard InChI is InChI=1S/C9H14N2OS/c12-8-7(10-9(13)11-8)6-4-2-1-3-5-6/h6-7H,1-5H2,(H2,10,11,12,13). The second-order valence-corrected chi connectivity index (χ2v) is 4.25. The topological polar surface area (TPSA) is 41.1 Å². The van der Waals surface area contributed by atoms with Gasteiger partial charge < -0.3 is 10.6 Å². The van der Waals surface area contributed by atoms with Gasteiger partial charge in [0, 0.05) is 0 Å². The largest absolute Gasteiger partial charge is 0.350 e. The summed E-state index contributed by atoms with van der Waals surface area (Å²) in [5, 5.41) is 6.19. The molecule has 0 radical (unpaired) electrons. The highest BCUT2D eigenvalue weighted by Gasteiger charge is 2.34. The fourth-order valence-corrected chi connectivity index (χ4v) is 2.46. The molecule has 1 atom stereocenters. The molecule has 72 valence electrons. The molecule has 0 spiro atoms. The van der Waals surface area contributed by atoms with Gasteiger partial charge in [-0.25, -0.2) is 0 Å². The molecule has 1 saturated carbocycles. The summed E-state index contributed by atoms with van der Waals surface area (Å²) >= 11 is 4.90. The van der Waals surface area contributed by atoms with Gasteiger partial charge in [0.15, 0.2) is 5.11 Å². The van der Waals surface area contributed by atoms with Gasteiger partial charge in [0.25, 0.3) is 0 Å². The van der Waals surface area contributed by atoms with Crippen molar-refractivity contribution >= 4 is 23.2 Å². The summed E-state index contributed by atoms with van der Waals surface area (Å²) in [7, 11) is 0. The van der Waals surface area contributed by atoms with E-state index >= 15 is 0 Å². The molecule has 1 aliphatic carbocycles. The molecule has 0 bridgehead atoms. The van der Waals surface area contributed by atoms with Crippen molar-refractivity contribution in [2.45, 2.75) is 38.1 Å². The molecule has 1 amide bonds. The lowest BCUT2D eigenvalue weighted by Gasteiger charge is -2.25. The molecule has 0 aromatic carbocycles. The van der Waals surface area contributed by atoms with Crippen molar-refractivity contribution < 1.29 is 4.79 Å². The zero-order valence-corrected chi connectivity index (χ0v) is 8.32. The maximum Gasteiger partial charge on any atom is 0.248 e. The van der Waals surface area contributed by atoms with Crippen molar-refractivity contribution in [1.29, 1.82) is 0 Å². The van der Waals surface area contributed by atoms with Gasteiger partial charge >= 0.3 is 0 Å². The lowest BCUT2D eigenvalue weighted by molar-refractivity contribution is -0.121. The van der Waals surface area contributed by atoms with Crippen LogP contribution in [0.3, 0.4) is 0 Å². The van der Waals surface area contributed by atoms with Gasteiger partial charge in [-0.05, 0) is 31.0 Å². The summed E-state index contributed by atoms with van der Waals surface area (Å²) in [6, 6.07) is -0.0483. The zero-order chi connectivity index (χ0) is 9.26. The Morgan fingerprint density at radius 3 is 2.46 bits per heavy atom. The highest BCUT2D eigenvalue weighted by molar-refractivity contribution is 7.80. The van der Waals surface area contributed by atoms with E-state index in [0.29, 0.717) is 11.0 Å². The molecule has 1 heterocycles. The zero-order valence-electron chi connectivity index (χ0n) is 7.51. The van der Waals surface area contributed by atoms with E-state index in [1.165, 1.54) is 19.3 Å². The van der Waals surface area contributed by atoms with E-state index in [1.807, 2.05) is 0 Å². The number of carbonyl (C=O) groups excluding carboxylic acids is 1. The molecule has 1 saturated heterocycles. The molecule has 1 unspecified atom stereocenters. The van der Waals surface area contributed by atoms with E-state index in [0.717, 1.165) is 12.8 Å². The summed E-state index contributed by atoms with van der Waals surface area (Å²) < 4.78 is 0. The van der Waals surface area contributed by atoms with Crippen molar-refractivity contribution in [2.75, 3.05) is 0 Å². The fraction of sp³-hybridized carbons (Fsp3) is 0.778. The van der Waals surface area contributed by atoms with Crippen molar-refractivity contribution in [3.05, 3.63) is 0 Å². The summed E-state index contributed by atoms with van der Waals surface area (Å²) in [5.41, 5.74) is 0. The molecule has 13 heavy (non-hydrogen) atoms. The van der Waals surface area contributed by atoms with Crippen LogP contribution in [0.4, 0.5) is 0 Å². The Hall–Kier alpha value is -0.640. The second-order valence-electron chi connectivity index (χ2n) is 3.84. The summed E-state index contributed by atoms with van der Waals surface area (Å²) in [6.45, 7) is 0. The summed E-state index contributed by atoms with van der Waals surface area (Å²) in [6.07, 6.45) is 6.14. The van der Waals surface area contributed by atoms with Crippen molar-refractivity contribution in [2.24, 2.45) is 5.92 Å². The second kappa shape index (κ2) is 3.62. The number of hydrogen-bond donors (Lipinski definition) is 2. The number of thiocarbonyl (C=S) groups is 1. The minimum Gasteiger partial charge on any atom is -0.350 e. The van der Waals surface area contributed by atoms with E-state index < -0.39 is 0 Å². The van der Waals surface area contributed by atoms with Crippen LogP contribution < -0.4 is 10.6 Å². The third-order valence-corrected chi connectivity index (χ3v) is 3.15. The van der Waals surface area contributed by atoms with E-state index in [4.69, 9.17) is 12.2 Å². The van der Waals surface area contributed by atoms with Crippen LogP contribution >= 0.6 is 12.2 Å². The van der Waals surface area contributed by atoms with Crippen LogP contribution in [0.5, 0.6) is 0 Å². The lowest BCUT2D eigenvalue weighted by Crippen LogP contribution is -2.37. The maximum atomic E-state index is 11.4. The first-order chi connectivity index (χ1) is 6.27. The summed E-state index contributed by atoms with van der Waals surface area (Å²) in [5.74, 6) is 0.561. The van der Waals surface area contributed by atoms with Crippen molar-refractivity contribution in [1.82, 2.24) is 10.6 Å². The molecule has 1 aliphatic heterocycles. The quantitative estimate of drug-likeness (QED) is 0.616. The van der Waals surface area contributed by atoms with E-state index in [-0.39, 0.29) is 11.9 Å². The molecular formula is C9H14N2OS. The Bertz CT molecular complexity index is 236. The molecule has 0 aromatic heterocycles. The van der Waals surface area contributed by atoms with Gasteiger partial charge in [-0.1, -0.05) is 19.3 Å². The van der Waals surface area contributed by atoms with Gasteiger partial charge in [-0.15, -0.1) is 0 Å². The van der Waals surface area contributed by atoms with Crippen LogP contribution in [0, 0.1) is 5.92 Å². The Morgan fingerprint density at radius 1 is 1.23 bits per heavy atom. The predicted octanol–water partition coefficient (Wildman–Crippen LogP) is 0.940. The highest BCUT2D eigenvalue weighted by Crippen LogP contribution is 2.27. The van der Waals surface area contributed by atoms with Gasteiger partial charge in [0.1, 0.15) is 6.04 Å². The Balaban J connectivity index is 1.99. The minimum atomic E-state index is -0.0483. The Labute approximate surface area is 83.3 Å². The molecule has 2 fully saturated rings. The van der Waals surface area contributed by atoms with Crippen LogP contribution in [0.1, 0.15) is 32.1 Å². The lowest BCUT2D eigenvalue weighted by atomic mass is 9.84. The van der Waals surface area contributed by atoms with E-state index in [1.54, 1.807) is 0 Å². The van der Waals surface area contributed by atoms with Crippen molar-refractivity contribution in [3.8, 4) is 0 Å². The molecule has 3 nitrogen and oxygen atoms in total. The average Bonchev–Trinajstić information content (AvgIpc) is 2.47. The Morgan fingerprint density at radius 2 is 1.92 bits per heavy atom. The van der Waals surface area contributed by atoms with Crippen molar-refractivity contribution in [3.63, 3.8) is 0 Å².